The number of carbonyl (C=O) groups is 2. The maximum absolute atomic E-state index is 12.0. The van der Waals surface area contributed by atoms with Crippen LogP contribution in [0.4, 0.5) is 4.79 Å². The summed E-state index contributed by atoms with van der Waals surface area (Å²) in [5.74, 6) is 0.0571. The molecular formula is C12H25N3O3. The lowest BCUT2D eigenvalue weighted by molar-refractivity contribution is -0.124. The predicted molar refractivity (Wildman–Crippen MR) is 69.8 cm³/mol. The highest BCUT2D eigenvalue weighted by atomic mass is 16.3. The number of aliphatic hydroxyl groups excluding tert-OH is 1. The van der Waals surface area contributed by atoms with Gasteiger partial charge >= 0.3 is 6.03 Å². The molecule has 18 heavy (non-hydrogen) atoms. The first kappa shape index (κ1) is 16.7. The van der Waals surface area contributed by atoms with Gasteiger partial charge in [0.25, 0.3) is 0 Å². The van der Waals surface area contributed by atoms with E-state index in [4.69, 9.17) is 10.8 Å². The second-order valence-electron chi connectivity index (χ2n) is 5.23. The SMILES string of the molecule is CC(C)CC(NC(N)=O)C(=O)NC(CO)C(C)C. The molecule has 3 amide bonds. The number of urea groups is 1. The molecule has 2 unspecified atom stereocenters. The highest BCUT2D eigenvalue weighted by Gasteiger charge is 2.24. The minimum atomic E-state index is -0.721. The van der Waals surface area contributed by atoms with E-state index >= 15 is 0 Å². The Morgan fingerprint density at radius 3 is 2.06 bits per heavy atom. The van der Waals surface area contributed by atoms with Gasteiger partial charge in [0, 0.05) is 0 Å². The maximum atomic E-state index is 12.0. The number of rotatable bonds is 7. The maximum Gasteiger partial charge on any atom is 0.312 e. The molecule has 0 aromatic carbocycles. The van der Waals surface area contributed by atoms with E-state index in [1.165, 1.54) is 0 Å². The van der Waals surface area contributed by atoms with Crippen LogP contribution in [-0.4, -0.2) is 35.7 Å². The minimum absolute atomic E-state index is 0.118. The van der Waals surface area contributed by atoms with E-state index < -0.39 is 12.1 Å². The van der Waals surface area contributed by atoms with Gasteiger partial charge in [-0.05, 0) is 18.3 Å². The second-order valence-corrected chi connectivity index (χ2v) is 5.23. The summed E-state index contributed by atoms with van der Waals surface area (Å²) < 4.78 is 0. The number of amides is 3. The zero-order chi connectivity index (χ0) is 14.3. The van der Waals surface area contributed by atoms with Crippen LogP contribution in [-0.2, 0) is 4.79 Å². The van der Waals surface area contributed by atoms with Gasteiger partial charge in [0.05, 0.1) is 12.6 Å². The molecule has 0 aliphatic carbocycles. The topological polar surface area (TPSA) is 104 Å². The van der Waals surface area contributed by atoms with Crippen LogP contribution < -0.4 is 16.4 Å². The Labute approximate surface area is 108 Å². The van der Waals surface area contributed by atoms with Crippen LogP contribution in [0.5, 0.6) is 0 Å². The molecule has 0 aliphatic heterocycles. The van der Waals surface area contributed by atoms with Crippen molar-refractivity contribution in [3.63, 3.8) is 0 Å². The highest BCUT2D eigenvalue weighted by Crippen LogP contribution is 2.07. The van der Waals surface area contributed by atoms with E-state index in [0.29, 0.717) is 6.42 Å². The molecule has 106 valence electrons. The van der Waals surface area contributed by atoms with Gasteiger partial charge < -0.3 is 21.5 Å². The second kappa shape index (κ2) is 7.92. The van der Waals surface area contributed by atoms with Crippen molar-refractivity contribution in [2.75, 3.05) is 6.61 Å². The fraction of sp³-hybridized carbons (Fsp3) is 0.833. The predicted octanol–water partition coefficient (Wildman–Crippen LogP) is 0.203. The summed E-state index contributed by atoms with van der Waals surface area (Å²) in [6.07, 6.45) is 0.505. The monoisotopic (exact) mass is 259 g/mol. The Balaban J connectivity index is 4.58. The third-order valence-electron chi connectivity index (χ3n) is 2.67. The number of primary amides is 1. The van der Waals surface area contributed by atoms with Gasteiger partial charge in [-0.15, -0.1) is 0 Å². The molecule has 5 N–H and O–H groups in total. The number of hydrogen-bond acceptors (Lipinski definition) is 3. The molecule has 0 saturated heterocycles. The summed E-state index contributed by atoms with van der Waals surface area (Å²) in [5, 5.41) is 14.3. The van der Waals surface area contributed by atoms with Crippen molar-refractivity contribution in [1.29, 1.82) is 0 Å². The van der Waals surface area contributed by atoms with Crippen molar-refractivity contribution < 1.29 is 14.7 Å². The first-order chi connectivity index (χ1) is 8.27. The molecule has 0 bridgehead atoms. The molecule has 0 rings (SSSR count). The Kier molecular flexibility index (Phi) is 7.35. The van der Waals surface area contributed by atoms with Gasteiger partial charge in [0.2, 0.25) is 5.91 Å². The molecule has 0 aromatic rings. The molecule has 0 aliphatic rings. The van der Waals surface area contributed by atoms with Crippen molar-refractivity contribution in [3.8, 4) is 0 Å². The Hall–Kier alpha value is -1.30. The van der Waals surface area contributed by atoms with E-state index in [-0.39, 0.29) is 30.4 Å². The molecule has 2 atom stereocenters. The summed E-state index contributed by atoms with van der Waals surface area (Å²) in [6, 6.07) is -1.70. The van der Waals surface area contributed by atoms with Crippen LogP contribution in [0.25, 0.3) is 0 Å². The van der Waals surface area contributed by atoms with Crippen molar-refractivity contribution in [2.45, 2.75) is 46.2 Å². The third-order valence-corrected chi connectivity index (χ3v) is 2.67. The van der Waals surface area contributed by atoms with Gasteiger partial charge in [-0.2, -0.15) is 0 Å². The lowest BCUT2D eigenvalue weighted by Crippen LogP contribution is -2.53. The van der Waals surface area contributed by atoms with Gasteiger partial charge in [-0.25, -0.2) is 4.79 Å². The van der Waals surface area contributed by atoms with Crippen molar-refractivity contribution in [1.82, 2.24) is 10.6 Å². The Morgan fingerprint density at radius 2 is 1.72 bits per heavy atom. The van der Waals surface area contributed by atoms with Crippen LogP contribution >= 0.6 is 0 Å². The summed E-state index contributed by atoms with van der Waals surface area (Å²) >= 11 is 0. The van der Waals surface area contributed by atoms with Crippen LogP contribution in [0.1, 0.15) is 34.1 Å². The van der Waals surface area contributed by atoms with Crippen molar-refractivity contribution >= 4 is 11.9 Å². The normalized spacial score (nSPS) is 14.4. The highest BCUT2D eigenvalue weighted by molar-refractivity contribution is 5.86. The van der Waals surface area contributed by atoms with Crippen LogP contribution in [0.15, 0.2) is 0 Å². The van der Waals surface area contributed by atoms with Gasteiger partial charge in [-0.1, -0.05) is 27.7 Å². The van der Waals surface area contributed by atoms with E-state index in [0.717, 1.165) is 0 Å². The average Bonchev–Trinajstić information content (AvgIpc) is 2.22. The summed E-state index contributed by atoms with van der Waals surface area (Å²) in [7, 11) is 0. The van der Waals surface area contributed by atoms with Crippen LogP contribution in [0, 0.1) is 11.8 Å². The average molecular weight is 259 g/mol. The molecule has 0 fully saturated rings. The number of nitrogens with two attached hydrogens (primary N) is 1. The summed E-state index contributed by atoms with van der Waals surface area (Å²) in [4.78, 5) is 22.9. The van der Waals surface area contributed by atoms with Gasteiger partial charge in [0.15, 0.2) is 0 Å². The van der Waals surface area contributed by atoms with E-state index in [1.807, 2.05) is 27.7 Å². The molecule has 6 heteroatoms. The standard InChI is InChI=1S/C12H25N3O3/c1-7(2)5-9(15-12(13)18)11(17)14-10(6-16)8(3)4/h7-10,16H,5-6H2,1-4H3,(H,14,17)(H3,13,15,18). The molecular weight excluding hydrogens is 234 g/mol. The minimum Gasteiger partial charge on any atom is -0.394 e. The van der Waals surface area contributed by atoms with E-state index in [1.54, 1.807) is 0 Å². The van der Waals surface area contributed by atoms with Gasteiger partial charge in [-0.3, -0.25) is 4.79 Å². The molecule has 0 spiro atoms. The Morgan fingerprint density at radius 1 is 1.17 bits per heavy atom. The van der Waals surface area contributed by atoms with Crippen molar-refractivity contribution in [3.05, 3.63) is 0 Å². The fourth-order valence-electron chi connectivity index (χ4n) is 1.58. The van der Waals surface area contributed by atoms with Crippen LogP contribution in [0.2, 0.25) is 0 Å². The lowest BCUT2D eigenvalue weighted by Gasteiger charge is -2.24. The molecule has 0 aromatic heterocycles. The summed E-state index contributed by atoms with van der Waals surface area (Å²) in [5.41, 5.74) is 5.05. The number of hydrogen-bond donors (Lipinski definition) is 4. The Bertz CT molecular complexity index is 280. The quantitative estimate of drug-likeness (QED) is 0.525. The molecule has 0 radical (unpaired) electrons. The van der Waals surface area contributed by atoms with Crippen LogP contribution in [0.3, 0.4) is 0 Å². The first-order valence-corrected chi connectivity index (χ1v) is 6.25. The first-order valence-electron chi connectivity index (χ1n) is 6.25. The van der Waals surface area contributed by atoms with Crippen molar-refractivity contribution in [2.24, 2.45) is 17.6 Å². The summed E-state index contributed by atoms with van der Waals surface area (Å²) in [6.45, 7) is 7.58. The number of nitrogens with one attached hydrogen (secondary N) is 2. The zero-order valence-electron chi connectivity index (χ0n) is 11.6. The van der Waals surface area contributed by atoms with Gasteiger partial charge in [0.1, 0.15) is 6.04 Å². The lowest BCUT2D eigenvalue weighted by atomic mass is 10.0. The van der Waals surface area contributed by atoms with E-state index in [2.05, 4.69) is 10.6 Å². The number of aliphatic hydroxyl groups is 1. The molecule has 0 saturated carbocycles. The third kappa shape index (κ3) is 6.44. The van der Waals surface area contributed by atoms with E-state index in [9.17, 15) is 9.59 Å². The fourth-order valence-corrected chi connectivity index (χ4v) is 1.58. The largest absolute Gasteiger partial charge is 0.394 e. The number of carbonyl (C=O) groups excluding carboxylic acids is 2. The molecule has 0 heterocycles. The zero-order valence-corrected chi connectivity index (χ0v) is 11.6. The molecule has 6 nitrogen and oxygen atoms in total. The smallest absolute Gasteiger partial charge is 0.312 e.